The van der Waals surface area contributed by atoms with Gasteiger partial charge in [0.1, 0.15) is 18.1 Å². The number of hydrogen-bond donors (Lipinski definition) is 2. The van der Waals surface area contributed by atoms with Gasteiger partial charge in [-0.1, -0.05) is 23.7 Å². The van der Waals surface area contributed by atoms with Crippen molar-refractivity contribution in [1.29, 1.82) is 0 Å². The van der Waals surface area contributed by atoms with Crippen molar-refractivity contribution in [2.45, 2.75) is 0 Å². The van der Waals surface area contributed by atoms with E-state index in [9.17, 15) is 19.5 Å². The number of para-hydroxylation sites is 2. The van der Waals surface area contributed by atoms with E-state index < -0.39 is 24.4 Å². The number of hydrogen-bond acceptors (Lipinski definition) is 7. The van der Waals surface area contributed by atoms with Crippen LogP contribution in [-0.4, -0.2) is 37.7 Å². The topological polar surface area (TPSA) is 129 Å². The van der Waals surface area contributed by atoms with E-state index in [1.54, 1.807) is 24.3 Å². The van der Waals surface area contributed by atoms with Gasteiger partial charge in [-0.25, -0.2) is 5.43 Å². The molecule has 0 saturated carbocycles. The van der Waals surface area contributed by atoms with Crippen molar-refractivity contribution in [1.82, 2.24) is 5.43 Å². The molecule has 0 heterocycles. The highest BCUT2D eigenvalue weighted by atomic mass is 35.5. The summed E-state index contributed by atoms with van der Waals surface area (Å²) in [6, 6.07) is 10.9. The van der Waals surface area contributed by atoms with Gasteiger partial charge in [0.05, 0.1) is 25.0 Å². The zero-order chi connectivity index (χ0) is 20.5. The van der Waals surface area contributed by atoms with Crippen molar-refractivity contribution < 1.29 is 29.0 Å². The van der Waals surface area contributed by atoms with Crippen LogP contribution in [0.15, 0.2) is 47.6 Å². The number of nitrogens with zero attached hydrogens (tertiary/aromatic N) is 1. The molecule has 0 aromatic heterocycles. The Morgan fingerprint density at radius 3 is 2.61 bits per heavy atom. The summed E-state index contributed by atoms with van der Waals surface area (Å²) in [5.41, 5.74) is 2.66. The number of aliphatic carboxylic acids is 1. The van der Waals surface area contributed by atoms with Gasteiger partial charge in [-0.15, -0.1) is 0 Å². The van der Waals surface area contributed by atoms with Gasteiger partial charge < -0.3 is 24.7 Å². The van der Waals surface area contributed by atoms with E-state index in [1.807, 2.05) is 0 Å². The average Bonchev–Trinajstić information content (AvgIpc) is 2.67. The summed E-state index contributed by atoms with van der Waals surface area (Å²) in [5, 5.41) is 16.9. The van der Waals surface area contributed by atoms with Gasteiger partial charge in [0.2, 0.25) is 0 Å². The van der Waals surface area contributed by atoms with Gasteiger partial charge >= 0.3 is 11.8 Å². The predicted molar refractivity (Wildman–Crippen MR) is 99.3 cm³/mol. The number of carboxylic acids is 1. The van der Waals surface area contributed by atoms with Crippen molar-refractivity contribution in [2.24, 2.45) is 5.10 Å². The summed E-state index contributed by atoms with van der Waals surface area (Å²) in [6.45, 7) is -0.670. The number of methoxy groups -OCH3 is 1. The van der Waals surface area contributed by atoms with Crippen LogP contribution in [0.4, 0.5) is 5.69 Å². The molecule has 0 radical (unpaired) electrons. The summed E-state index contributed by atoms with van der Waals surface area (Å²) in [5.74, 6) is -2.84. The van der Waals surface area contributed by atoms with E-state index in [0.717, 1.165) is 6.21 Å². The number of ether oxygens (including phenoxy) is 2. The fourth-order valence-electron chi connectivity index (χ4n) is 2.03. The molecular formula is C18H15ClN3O6-. The van der Waals surface area contributed by atoms with Crippen LogP contribution >= 0.6 is 11.6 Å². The molecule has 146 valence electrons. The first kappa shape index (κ1) is 20.7. The molecule has 2 rings (SSSR count). The van der Waals surface area contributed by atoms with Crippen LogP contribution in [0.25, 0.3) is 0 Å². The van der Waals surface area contributed by atoms with E-state index in [0.29, 0.717) is 22.0 Å². The lowest BCUT2D eigenvalue weighted by molar-refractivity contribution is -0.307. The Bertz CT molecular complexity index is 916. The van der Waals surface area contributed by atoms with Crippen LogP contribution < -0.4 is 25.3 Å². The van der Waals surface area contributed by atoms with Gasteiger partial charge in [0.15, 0.2) is 0 Å². The molecule has 0 bridgehead atoms. The number of carbonyl (C=O) groups excluding carboxylic acids is 3. The maximum absolute atomic E-state index is 12.0. The molecule has 10 heteroatoms. The number of carbonyl (C=O) groups is 3. The lowest BCUT2D eigenvalue weighted by Gasteiger charge is -2.10. The first-order valence-corrected chi connectivity index (χ1v) is 8.18. The summed E-state index contributed by atoms with van der Waals surface area (Å²) in [4.78, 5) is 34.4. The fourth-order valence-corrected chi connectivity index (χ4v) is 2.21. The number of benzene rings is 2. The highest BCUT2D eigenvalue weighted by Crippen LogP contribution is 2.23. The van der Waals surface area contributed by atoms with Crippen molar-refractivity contribution in [3.63, 3.8) is 0 Å². The molecule has 9 nitrogen and oxygen atoms in total. The first-order chi connectivity index (χ1) is 13.4. The quantitative estimate of drug-likeness (QED) is 0.394. The van der Waals surface area contributed by atoms with E-state index in [4.69, 9.17) is 21.1 Å². The van der Waals surface area contributed by atoms with E-state index >= 15 is 0 Å². The maximum Gasteiger partial charge on any atom is 0.329 e. The Kier molecular flexibility index (Phi) is 7.35. The number of hydrazone groups is 1. The lowest BCUT2D eigenvalue weighted by Crippen LogP contribution is -2.32. The van der Waals surface area contributed by atoms with E-state index in [-0.39, 0.29) is 5.75 Å². The van der Waals surface area contributed by atoms with Gasteiger partial charge in [-0.3, -0.25) is 9.59 Å². The predicted octanol–water partition coefficient (Wildman–Crippen LogP) is 0.566. The fraction of sp³-hybridized carbons (Fsp3) is 0.111. The van der Waals surface area contributed by atoms with E-state index in [1.165, 1.54) is 25.3 Å². The number of rotatable bonds is 7. The third-order valence-corrected chi connectivity index (χ3v) is 3.48. The number of nitrogens with one attached hydrogen (secondary N) is 2. The molecule has 2 aromatic carbocycles. The number of carboxylic acid groups (broad SMARTS) is 1. The minimum atomic E-state index is -1.40. The summed E-state index contributed by atoms with van der Waals surface area (Å²) < 4.78 is 10.1. The third-order valence-electron chi connectivity index (χ3n) is 3.25. The highest BCUT2D eigenvalue weighted by Gasteiger charge is 2.15. The Morgan fingerprint density at radius 1 is 1.14 bits per heavy atom. The molecule has 28 heavy (non-hydrogen) atoms. The van der Waals surface area contributed by atoms with Crippen molar-refractivity contribution in [3.05, 3.63) is 53.1 Å². The highest BCUT2D eigenvalue weighted by molar-refractivity contribution is 6.39. The largest absolute Gasteiger partial charge is 0.546 e. The molecule has 2 aromatic rings. The molecule has 0 aliphatic carbocycles. The standard InChI is InChI=1S/C18H16ClN3O6/c1-27-15-5-3-2-4-13(15)21-17(25)18(26)22-20-9-11-8-12(19)6-7-14(11)28-10-16(23)24/h2-9H,10H2,1H3,(H,21,25)(H,22,26)(H,23,24)/p-1/b20-9-. The van der Waals surface area contributed by atoms with Crippen molar-refractivity contribution >= 4 is 41.3 Å². The Morgan fingerprint density at radius 2 is 1.89 bits per heavy atom. The van der Waals surface area contributed by atoms with Gasteiger partial charge in [-0.2, -0.15) is 5.10 Å². The van der Waals surface area contributed by atoms with Crippen LogP contribution in [0.2, 0.25) is 5.02 Å². The SMILES string of the molecule is COc1ccccc1NC(=O)C(=O)N/N=C\c1cc(Cl)ccc1OCC(=O)[O-]. The summed E-state index contributed by atoms with van der Waals surface area (Å²) in [7, 11) is 1.43. The second-order valence-electron chi connectivity index (χ2n) is 5.20. The second-order valence-corrected chi connectivity index (χ2v) is 5.63. The van der Waals surface area contributed by atoms with Crippen LogP contribution in [0.5, 0.6) is 11.5 Å². The van der Waals surface area contributed by atoms with Gasteiger partial charge in [0.25, 0.3) is 0 Å². The molecule has 0 unspecified atom stereocenters. The molecule has 0 spiro atoms. The lowest BCUT2D eigenvalue weighted by atomic mass is 10.2. The number of halogens is 1. The normalized spacial score (nSPS) is 10.4. The number of amides is 2. The third kappa shape index (κ3) is 5.99. The van der Waals surface area contributed by atoms with Crippen molar-refractivity contribution in [2.75, 3.05) is 19.0 Å². The molecule has 2 N–H and O–H groups in total. The van der Waals surface area contributed by atoms with Crippen LogP contribution in [0, 0.1) is 0 Å². The van der Waals surface area contributed by atoms with Crippen LogP contribution in [0.3, 0.4) is 0 Å². The first-order valence-electron chi connectivity index (χ1n) is 7.80. The average molecular weight is 405 g/mol. The summed E-state index contributed by atoms with van der Waals surface area (Å²) in [6.07, 6.45) is 1.16. The molecule has 2 amide bonds. The van der Waals surface area contributed by atoms with Crippen molar-refractivity contribution in [3.8, 4) is 11.5 Å². The zero-order valence-corrected chi connectivity index (χ0v) is 15.4. The molecule has 0 aliphatic rings. The Balaban J connectivity index is 2.01. The Hall–Kier alpha value is -3.59. The Labute approximate surface area is 164 Å². The van der Waals surface area contributed by atoms with E-state index in [2.05, 4.69) is 15.8 Å². The summed E-state index contributed by atoms with van der Waals surface area (Å²) >= 11 is 5.88. The van der Waals surface area contributed by atoms with Crippen LogP contribution in [0.1, 0.15) is 5.56 Å². The second kappa shape index (κ2) is 9.93. The van der Waals surface area contributed by atoms with Gasteiger partial charge in [0, 0.05) is 10.6 Å². The smallest absolute Gasteiger partial charge is 0.329 e. The molecule has 0 saturated heterocycles. The maximum atomic E-state index is 12.0. The zero-order valence-electron chi connectivity index (χ0n) is 14.6. The molecule has 0 fully saturated rings. The minimum absolute atomic E-state index is 0.157. The van der Waals surface area contributed by atoms with Gasteiger partial charge in [-0.05, 0) is 30.3 Å². The molecule has 0 aliphatic heterocycles. The monoisotopic (exact) mass is 404 g/mol. The molecular weight excluding hydrogens is 390 g/mol. The van der Waals surface area contributed by atoms with Crippen LogP contribution in [-0.2, 0) is 14.4 Å². The number of anilines is 1. The molecule has 0 atom stereocenters. The minimum Gasteiger partial charge on any atom is -0.546 e.